The first kappa shape index (κ1) is 22.0. The van der Waals surface area contributed by atoms with Crippen LogP contribution >= 0.6 is 22.9 Å². The summed E-state index contributed by atoms with van der Waals surface area (Å²) in [7, 11) is 0. The highest BCUT2D eigenvalue weighted by molar-refractivity contribution is 7.21. The maximum atomic E-state index is 12.7. The molecule has 12 heteroatoms. The van der Waals surface area contributed by atoms with E-state index in [9.17, 15) is 9.59 Å². The lowest BCUT2D eigenvalue weighted by Crippen LogP contribution is -2.48. The van der Waals surface area contributed by atoms with Gasteiger partial charge in [-0.05, 0) is 42.8 Å². The zero-order chi connectivity index (χ0) is 24.1. The number of aromatic nitrogens is 3. The fourth-order valence-corrected chi connectivity index (χ4v) is 5.35. The summed E-state index contributed by atoms with van der Waals surface area (Å²) in [5, 5.41) is 14.3. The van der Waals surface area contributed by atoms with Crippen LogP contribution < -0.4 is 21.3 Å². The minimum absolute atomic E-state index is 0.0121. The molecular formula is C23H20ClN7O3S. The highest BCUT2D eigenvalue weighted by Gasteiger charge is 2.26. The van der Waals surface area contributed by atoms with E-state index in [0.717, 1.165) is 26.7 Å². The van der Waals surface area contributed by atoms with Gasteiger partial charge in [0.15, 0.2) is 0 Å². The topological polar surface area (TPSA) is 130 Å². The molecule has 0 saturated carbocycles. The quantitative estimate of drug-likeness (QED) is 0.308. The molecule has 2 aliphatic heterocycles. The molecule has 1 aromatic carbocycles. The Morgan fingerprint density at radius 2 is 2.09 bits per heavy atom. The minimum atomic E-state index is -0.320. The second-order valence-electron chi connectivity index (χ2n) is 8.50. The number of amides is 2. The Bertz CT molecular complexity index is 1500. The van der Waals surface area contributed by atoms with Crippen LogP contribution in [0, 0.1) is 0 Å². The van der Waals surface area contributed by atoms with E-state index in [4.69, 9.17) is 21.3 Å². The number of pyridine rings is 1. The molecule has 10 nitrogen and oxygen atoms in total. The van der Waals surface area contributed by atoms with E-state index < -0.39 is 0 Å². The molecule has 2 aliphatic rings. The summed E-state index contributed by atoms with van der Waals surface area (Å²) < 4.78 is 6.12. The van der Waals surface area contributed by atoms with E-state index >= 15 is 0 Å². The average Bonchev–Trinajstić information content (AvgIpc) is 3.12. The first-order valence-corrected chi connectivity index (χ1v) is 12.2. The molecule has 0 spiro atoms. The van der Waals surface area contributed by atoms with Crippen LogP contribution in [0.1, 0.15) is 27.0 Å². The third-order valence-corrected chi connectivity index (χ3v) is 7.25. The lowest BCUT2D eigenvalue weighted by molar-refractivity contribution is -0.00346. The van der Waals surface area contributed by atoms with E-state index in [1.165, 1.54) is 17.5 Å². The summed E-state index contributed by atoms with van der Waals surface area (Å²) in [5.74, 6) is 0.359. The summed E-state index contributed by atoms with van der Waals surface area (Å²) in [4.78, 5) is 38.9. The molecule has 178 valence electrons. The molecule has 6 rings (SSSR count). The molecule has 0 unspecified atom stereocenters. The van der Waals surface area contributed by atoms with E-state index in [-0.39, 0.29) is 40.6 Å². The lowest BCUT2D eigenvalue weighted by atomic mass is 10.1. The number of nitrogens with zero attached hydrogens (tertiary/aromatic N) is 3. The van der Waals surface area contributed by atoms with Gasteiger partial charge in [-0.25, -0.2) is 9.97 Å². The van der Waals surface area contributed by atoms with Gasteiger partial charge in [0.2, 0.25) is 5.28 Å². The smallest absolute Gasteiger partial charge is 0.263 e. The molecule has 0 bridgehead atoms. The fourth-order valence-electron chi connectivity index (χ4n) is 4.12. The Hall–Kier alpha value is -3.54. The summed E-state index contributed by atoms with van der Waals surface area (Å²) in [6.45, 7) is 3.56. The SMILES string of the molecule is C[C@H]1CNc2c(sc3ccc4nc(Nc5nc(Cl)ncc5C(=O)NC5COC5)ccc4c23)C(=O)N1. The highest BCUT2D eigenvalue weighted by atomic mass is 35.5. The van der Waals surface area contributed by atoms with E-state index in [1.54, 1.807) is 0 Å². The number of thiophene rings is 1. The number of carbonyl (C=O) groups excluding carboxylic acids is 2. The van der Waals surface area contributed by atoms with Gasteiger partial charge in [-0.3, -0.25) is 9.59 Å². The minimum Gasteiger partial charge on any atom is -0.381 e. The number of anilines is 3. The molecular weight excluding hydrogens is 490 g/mol. The molecule has 5 heterocycles. The average molecular weight is 510 g/mol. The standard InChI is InChI=1S/C23H20ClN7O3S/c1-10-6-25-18-17-12-2-5-16(29-14(12)3-4-15(17)35-19(18)22(33)27-10)30-20-13(7-26-23(24)31-20)21(32)28-11-8-34-9-11/h2-5,7,10-11,25H,6,8-9H2,1H3,(H,27,33)(H,28,32)(H,26,29,30,31)/t10-/m0/s1. The van der Waals surface area contributed by atoms with Crippen LogP contribution in [-0.2, 0) is 4.74 Å². The molecule has 35 heavy (non-hydrogen) atoms. The molecule has 1 fully saturated rings. The van der Waals surface area contributed by atoms with Gasteiger partial charge in [0.05, 0.1) is 30.5 Å². The second-order valence-corrected chi connectivity index (χ2v) is 9.89. The van der Waals surface area contributed by atoms with Gasteiger partial charge in [-0.1, -0.05) is 0 Å². The van der Waals surface area contributed by atoms with Crippen molar-refractivity contribution in [2.45, 2.75) is 19.0 Å². The van der Waals surface area contributed by atoms with Crippen LogP contribution in [0.2, 0.25) is 5.28 Å². The lowest BCUT2D eigenvalue weighted by Gasteiger charge is -2.27. The predicted molar refractivity (Wildman–Crippen MR) is 135 cm³/mol. The molecule has 1 atom stereocenters. The summed E-state index contributed by atoms with van der Waals surface area (Å²) in [6, 6.07) is 7.63. The van der Waals surface area contributed by atoms with Crippen LogP contribution in [0.15, 0.2) is 30.5 Å². The molecule has 4 N–H and O–H groups in total. The van der Waals surface area contributed by atoms with Crippen LogP contribution in [0.5, 0.6) is 0 Å². The van der Waals surface area contributed by atoms with Crippen molar-refractivity contribution in [3.8, 4) is 0 Å². The Morgan fingerprint density at radius 1 is 1.23 bits per heavy atom. The van der Waals surface area contributed by atoms with Crippen LogP contribution in [0.4, 0.5) is 17.3 Å². The van der Waals surface area contributed by atoms with Gasteiger partial charge < -0.3 is 26.0 Å². The third kappa shape index (κ3) is 4.01. The van der Waals surface area contributed by atoms with E-state index in [0.29, 0.717) is 30.5 Å². The third-order valence-electron chi connectivity index (χ3n) is 5.91. The second kappa shape index (κ2) is 8.59. The first-order valence-electron chi connectivity index (χ1n) is 11.1. The maximum absolute atomic E-state index is 12.7. The van der Waals surface area contributed by atoms with Crippen molar-refractivity contribution in [2.24, 2.45) is 0 Å². The molecule has 4 aromatic rings. The summed E-state index contributed by atoms with van der Waals surface area (Å²) in [6.07, 6.45) is 1.38. The Balaban J connectivity index is 1.37. The van der Waals surface area contributed by atoms with Crippen molar-refractivity contribution in [3.63, 3.8) is 0 Å². The number of fused-ring (bicyclic) bond motifs is 5. The fraction of sp³-hybridized carbons (Fsp3) is 0.261. The Morgan fingerprint density at radius 3 is 2.89 bits per heavy atom. The van der Waals surface area contributed by atoms with Crippen molar-refractivity contribution >= 4 is 73.1 Å². The van der Waals surface area contributed by atoms with Crippen LogP contribution in [0.3, 0.4) is 0 Å². The number of halogens is 1. The van der Waals surface area contributed by atoms with Crippen molar-refractivity contribution in [2.75, 3.05) is 30.4 Å². The number of benzene rings is 1. The predicted octanol–water partition coefficient (Wildman–Crippen LogP) is 3.31. The molecule has 3 aromatic heterocycles. The largest absolute Gasteiger partial charge is 0.381 e. The van der Waals surface area contributed by atoms with Gasteiger partial charge in [0.1, 0.15) is 22.1 Å². The van der Waals surface area contributed by atoms with Crippen LogP contribution in [0.25, 0.3) is 21.0 Å². The zero-order valence-electron chi connectivity index (χ0n) is 18.5. The van der Waals surface area contributed by atoms with E-state index in [2.05, 4.69) is 31.2 Å². The van der Waals surface area contributed by atoms with Gasteiger partial charge in [0, 0.05) is 34.3 Å². The number of nitrogens with one attached hydrogen (secondary N) is 4. The zero-order valence-corrected chi connectivity index (χ0v) is 20.1. The number of carbonyl (C=O) groups is 2. The number of rotatable bonds is 4. The molecule has 2 amide bonds. The van der Waals surface area contributed by atoms with Crippen LogP contribution in [-0.4, -0.2) is 58.6 Å². The summed E-state index contributed by atoms with van der Waals surface area (Å²) in [5.41, 5.74) is 1.83. The number of hydrogen-bond acceptors (Lipinski definition) is 9. The number of ether oxygens (including phenoxy) is 1. The monoisotopic (exact) mass is 509 g/mol. The maximum Gasteiger partial charge on any atom is 0.263 e. The first-order chi connectivity index (χ1) is 17.0. The Labute approximate surface area is 208 Å². The van der Waals surface area contributed by atoms with Crippen molar-refractivity contribution in [1.82, 2.24) is 25.6 Å². The van der Waals surface area contributed by atoms with Crippen molar-refractivity contribution in [3.05, 3.63) is 46.2 Å². The van der Waals surface area contributed by atoms with Gasteiger partial charge in [-0.15, -0.1) is 11.3 Å². The van der Waals surface area contributed by atoms with Gasteiger partial charge in [0.25, 0.3) is 11.8 Å². The molecule has 0 aliphatic carbocycles. The highest BCUT2D eigenvalue weighted by Crippen LogP contribution is 2.41. The molecule has 0 radical (unpaired) electrons. The van der Waals surface area contributed by atoms with E-state index in [1.807, 2.05) is 31.2 Å². The normalized spacial score (nSPS) is 17.8. The Kier molecular flexibility index (Phi) is 5.39. The van der Waals surface area contributed by atoms with Crippen molar-refractivity contribution in [1.29, 1.82) is 0 Å². The number of hydrogen-bond donors (Lipinski definition) is 4. The van der Waals surface area contributed by atoms with Crippen molar-refractivity contribution < 1.29 is 14.3 Å². The molecule has 1 saturated heterocycles. The summed E-state index contributed by atoms with van der Waals surface area (Å²) >= 11 is 7.47. The van der Waals surface area contributed by atoms with Gasteiger partial charge >= 0.3 is 0 Å². The van der Waals surface area contributed by atoms with Gasteiger partial charge in [-0.2, -0.15) is 4.98 Å².